The maximum atomic E-state index is 13.5. The molecule has 208 valence electrons. The molecule has 1 heterocycles. The first kappa shape index (κ1) is 25.7. The number of benzene rings is 6. The van der Waals surface area contributed by atoms with Gasteiger partial charge >= 0.3 is 0 Å². The van der Waals surface area contributed by atoms with Crippen molar-refractivity contribution >= 4 is 56.5 Å². The first-order chi connectivity index (χ1) is 21.7. The lowest BCUT2D eigenvalue weighted by Crippen LogP contribution is -2.13. The van der Waals surface area contributed by atoms with E-state index in [1.807, 2.05) is 97.1 Å². The number of carbonyl (C=O) groups excluding carboxylic acids is 2. The molecule has 8 rings (SSSR count). The normalized spacial score (nSPS) is 12.6. The lowest BCUT2D eigenvalue weighted by molar-refractivity contribution is 0.0990. The van der Waals surface area contributed by atoms with E-state index in [4.69, 9.17) is 0 Å². The number of nitrogens with zero attached hydrogens (tertiary/aromatic N) is 2. The van der Waals surface area contributed by atoms with E-state index in [1.165, 1.54) is 0 Å². The average Bonchev–Trinajstić information content (AvgIpc) is 3.55. The summed E-state index contributed by atoms with van der Waals surface area (Å²) in [5, 5.41) is 2.94. The molecule has 4 nitrogen and oxygen atoms in total. The van der Waals surface area contributed by atoms with Crippen LogP contribution >= 0.6 is 0 Å². The Morgan fingerprint density at radius 3 is 1.59 bits per heavy atom. The highest BCUT2D eigenvalue weighted by Crippen LogP contribution is 2.40. The quantitative estimate of drug-likeness (QED) is 0.154. The number of hydrogen-bond donors (Lipinski definition) is 0. The molecule has 0 saturated heterocycles. The van der Waals surface area contributed by atoms with Gasteiger partial charge in [0.2, 0.25) is 0 Å². The minimum atomic E-state index is -0.227. The van der Waals surface area contributed by atoms with Gasteiger partial charge in [0.25, 0.3) is 0 Å². The fraction of sp³-hybridized carbons (Fsp3) is 0. The van der Waals surface area contributed by atoms with Gasteiger partial charge in [-0.05, 0) is 83.1 Å². The van der Waals surface area contributed by atoms with Crippen LogP contribution in [0.2, 0.25) is 0 Å². The summed E-state index contributed by atoms with van der Waals surface area (Å²) in [6.07, 6.45) is 1.74. The van der Waals surface area contributed by atoms with Gasteiger partial charge in [-0.3, -0.25) is 19.1 Å². The Balaban J connectivity index is 1.31. The Bertz CT molecular complexity index is 2150. The lowest BCUT2D eigenvalue weighted by Gasteiger charge is -2.26. The molecule has 44 heavy (non-hydrogen) atoms. The highest BCUT2D eigenvalue weighted by atomic mass is 16.2. The third-order valence-electron chi connectivity index (χ3n) is 8.26. The molecular weight excluding hydrogens is 540 g/mol. The van der Waals surface area contributed by atoms with E-state index >= 15 is 0 Å². The SMILES string of the molecule is O=C1C(=Cc2ccc3cc(N(c4ccccc4)c4ccccc4)n(-c4ccccc4)c3c2)C(=O)c2cc3ccccc3cc21. The second kappa shape index (κ2) is 10.4. The first-order valence-corrected chi connectivity index (χ1v) is 14.6. The molecule has 1 aliphatic rings. The summed E-state index contributed by atoms with van der Waals surface area (Å²) >= 11 is 0. The number of Topliss-reactive ketones (excluding diaryl/α,β-unsaturated/α-hetero) is 2. The van der Waals surface area contributed by atoms with Crippen molar-refractivity contribution in [1.82, 2.24) is 4.57 Å². The Hall–Kier alpha value is -6.00. The Morgan fingerprint density at radius 1 is 0.500 bits per heavy atom. The average molecular weight is 567 g/mol. The smallest absolute Gasteiger partial charge is 0.197 e. The molecule has 0 bridgehead atoms. The van der Waals surface area contributed by atoms with Crippen LogP contribution in [0, 0.1) is 0 Å². The number of anilines is 3. The van der Waals surface area contributed by atoms with Crippen molar-refractivity contribution in [2.24, 2.45) is 0 Å². The summed E-state index contributed by atoms with van der Waals surface area (Å²) in [5.41, 5.74) is 5.98. The molecule has 0 saturated carbocycles. The molecule has 0 aliphatic heterocycles. The number of allylic oxidation sites excluding steroid dienone is 1. The van der Waals surface area contributed by atoms with E-state index in [1.54, 1.807) is 6.08 Å². The summed E-state index contributed by atoms with van der Waals surface area (Å²) in [6, 6.07) is 50.7. The van der Waals surface area contributed by atoms with Gasteiger partial charge in [0.05, 0.1) is 11.1 Å². The van der Waals surface area contributed by atoms with Gasteiger partial charge in [-0.1, -0.05) is 91.0 Å². The lowest BCUT2D eigenvalue weighted by atomic mass is 10.0. The fourth-order valence-electron chi connectivity index (χ4n) is 6.18. The first-order valence-electron chi connectivity index (χ1n) is 14.6. The largest absolute Gasteiger partial charge is 0.296 e. The summed E-state index contributed by atoms with van der Waals surface area (Å²) < 4.78 is 2.23. The van der Waals surface area contributed by atoms with Gasteiger partial charge < -0.3 is 0 Å². The summed E-state index contributed by atoms with van der Waals surface area (Å²) in [5.74, 6) is 0.518. The van der Waals surface area contributed by atoms with Crippen molar-refractivity contribution in [3.8, 4) is 5.69 Å². The second-order valence-corrected chi connectivity index (χ2v) is 11.0. The predicted molar refractivity (Wildman–Crippen MR) is 179 cm³/mol. The molecule has 0 unspecified atom stereocenters. The molecule has 7 aromatic rings. The number of hydrogen-bond acceptors (Lipinski definition) is 3. The van der Waals surface area contributed by atoms with Crippen LogP contribution in [-0.2, 0) is 0 Å². The van der Waals surface area contributed by atoms with Crippen LogP contribution in [0.3, 0.4) is 0 Å². The van der Waals surface area contributed by atoms with Crippen LogP contribution in [0.15, 0.2) is 157 Å². The molecule has 0 N–H and O–H groups in total. The zero-order valence-electron chi connectivity index (χ0n) is 23.7. The molecule has 0 fully saturated rings. The molecular formula is C40H26N2O2. The second-order valence-electron chi connectivity index (χ2n) is 11.0. The number of ketones is 2. The van der Waals surface area contributed by atoms with Gasteiger partial charge in [-0.15, -0.1) is 0 Å². The van der Waals surface area contributed by atoms with Crippen LogP contribution in [0.25, 0.3) is 33.4 Å². The summed E-state index contributed by atoms with van der Waals surface area (Å²) in [4.78, 5) is 29.3. The van der Waals surface area contributed by atoms with Crippen LogP contribution in [0.4, 0.5) is 17.2 Å². The fourth-order valence-corrected chi connectivity index (χ4v) is 6.18. The number of para-hydroxylation sites is 3. The van der Waals surface area contributed by atoms with Crippen LogP contribution in [0.5, 0.6) is 0 Å². The molecule has 0 amide bonds. The number of fused-ring (bicyclic) bond motifs is 3. The molecule has 0 spiro atoms. The topological polar surface area (TPSA) is 42.3 Å². The Morgan fingerprint density at radius 2 is 1.02 bits per heavy atom. The molecule has 0 radical (unpaired) electrons. The Kier molecular flexibility index (Phi) is 6.05. The van der Waals surface area contributed by atoms with Gasteiger partial charge in [-0.2, -0.15) is 0 Å². The molecule has 1 aliphatic carbocycles. The van der Waals surface area contributed by atoms with Crippen LogP contribution in [0.1, 0.15) is 26.3 Å². The van der Waals surface area contributed by atoms with Crippen molar-refractivity contribution in [3.05, 3.63) is 174 Å². The molecule has 4 heteroatoms. The van der Waals surface area contributed by atoms with Gasteiger partial charge in [0.1, 0.15) is 5.82 Å². The third-order valence-corrected chi connectivity index (χ3v) is 8.26. The highest BCUT2D eigenvalue weighted by Gasteiger charge is 2.33. The zero-order valence-corrected chi connectivity index (χ0v) is 23.7. The zero-order chi connectivity index (χ0) is 29.6. The standard InChI is InChI=1S/C40H26N2O2/c43-39-34-24-28-12-10-11-13-29(28)25-35(34)40(44)36(39)22-27-20-21-30-26-38(42(37(30)23-27)33-18-8-3-9-19-33)41(31-14-4-1-5-15-31)32-16-6-2-7-17-32/h1-26H. The predicted octanol–water partition coefficient (Wildman–Crippen LogP) is 9.72. The van der Waals surface area contributed by atoms with Crippen LogP contribution in [-0.4, -0.2) is 16.1 Å². The molecule has 1 aromatic heterocycles. The maximum absolute atomic E-state index is 13.5. The van der Waals surface area contributed by atoms with Crippen LogP contribution < -0.4 is 4.90 Å². The summed E-state index contributed by atoms with van der Waals surface area (Å²) in [6.45, 7) is 0. The van der Waals surface area contributed by atoms with E-state index in [0.29, 0.717) is 11.1 Å². The summed E-state index contributed by atoms with van der Waals surface area (Å²) in [7, 11) is 0. The minimum absolute atomic E-state index is 0.197. The van der Waals surface area contributed by atoms with E-state index in [9.17, 15) is 9.59 Å². The van der Waals surface area contributed by atoms with Crippen molar-refractivity contribution in [3.63, 3.8) is 0 Å². The molecule has 0 atom stereocenters. The third kappa shape index (κ3) is 4.24. The molecule has 6 aromatic carbocycles. The van der Waals surface area contributed by atoms with Gasteiger partial charge in [0.15, 0.2) is 11.6 Å². The minimum Gasteiger partial charge on any atom is -0.296 e. The number of carbonyl (C=O) groups is 2. The van der Waals surface area contributed by atoms with Gasteiger partial charge in [0, 0.05) is 33.6 Å². The maximum Gasteiger partial charge on any atom is 0.197 e. The Labute approximate surface area is 254 Å². The van der Waals surface area contributed by atoms with E-state index in [0.717, 1.165) is 50.1 Å². The van der Waals surface area contributed by atoms with E-state index in [2.05, 4.69) is 64.1 Å². The van der Waals surface area contributed by atoms with Crippen molar-refractivity contribution in [1.29, 1.82) is 0 Å². The number of rotatable bonds is 5. The van der Waals surface area contributed by atoms with Crippen molar-refractivity contribution in [2.45, 2.75) is 0 Å². The number of aromatic nitrogens is 1. The van der Waals surface area contributed by atoms with Crippen molar-refractivity contribution < 1.29 is 9.59 Å². The van der Waals surface area contributed by atoms with E-state index in [-0.39, 0.29) is 17.1 Å². The van der Waals surface area contributed by atoms with Crippen molar-refractivity contribution in [2.75, 3.05) is 4.90 Å². The van der Waals surface area contributed by atoms with Gasteiger partial charge in [-0.25, -0.2) is 0 Å². The van der Waals surface area contributed by atoms with E-state index < -0.39 is 0 Å². The monoisotopic (exact) mass is 566 g/mol. The highest BCUT2D eigenvalue weighted by molar-refractivity contribution is 6.42.